The molecule has 108 valence electrons. The fourth-order valence-electron chi connectivity index (χ4n) is 2.57. The molecule has 0 spiro atoms. The second-order valence-corrected chi connectivity index (χ2v) is 4.83. The van der Waals surface area contributed by atoms with Crippen molar-refractivity contribution < 1.29 is 29.3 Å². The van der Waals surface area contributed by atoms with E-state index >= 15 is 0 Å². The molecule has 2 aliphatic rings. The van der Waals surface area contributed by atoms with Crippen LogP contribution in [-0.2, 0) is 19.1 Å². The van der Waals surface area contributed by atoms with E-state index in [-0.39, 0.29) is 17.9 Å². The van der Waals surface area contributed by atoms with Crippen LogP contribution in [0.1, 0.15) is 20.3 Å². The van der Waals surface area contributed by atoms with Crippen molar-refractivity contribution in [3.05, 3.63) is 23.6 Å². The molecule has 2 aliphatic heterocycles. The number of nitrogens with zero attached hydrogens (tertiary/aromatic N) is 1. The van der Waals surface area contributed by atoms with Crippen LogP contribution in [0.25, 0.3) is 0 Å². The van der Waals surface area contributed by atoms with Crippen LogP contribution in [0.5, 0.6) is 0 Å². The zero-order valence-electron chi connectivity index (χ0n) is 11.1. The molecule has 2 rings (SSSR count). The second kappa shape index (κ2) is 5.09. The molecule has 0 aromatic heterocycles. The smallest absolute Gasteiger partial charge is 0.352 e. The molecular formula is C13H15NO6. The standard InChI is InChI=1S/C13H15NO6/c1-6(15)11-10-5-8(20-7(2)16)3-4-9(13(18)19)14(10)12(11)17/h3-4,6,10-11,15H,5H2,1-2H3,(H,18,19)/t6?,10-,11-/m1/s1. The molecule has 0 saturated carbocycles. The SMILES string of the molecule is CC(=O)OC1=CC=C(C(=O)O)N2C(=O)[C@H](C(C)O)[C@H]2C1. The summed E-state index contributed by atoms with van der Waals surface area (Å²) in [6.07, 6.45) is 1.90. The van der Waals surface area contributed by atoms with Crippen molar-refractivity contribution in [1.82, 2.24) is 4.90 Å². The molecule has 1 fully saturated rings. The average Bonchev–Trinajstić information content (AvgIpc) is 2.45. The topological polar surface area (TPSA) is 104 Å². The van der Waals surface area contributed by atoms with E-state index < -0.39 is 35.9 Å². The molecule has 0 bridgehead atoms. The van der Waals surface area contributed by atoms with Gasteiger partial charge < -0.3 is 19.8 Å². The Kier molecular flexibility index (Phi) is 3.63. The number of esters is 1. The van der Waals surface area contributed by atoms with Crippen LogP contribution in [0.4, 0.5) is 0 Å². The van der Waals surface area contributed by atoms with Gasteiger partial charge in [0.15, 0.2) is 0 Å². The highest BCUT2D eigenvalue weighted by Gasteiger charge is 2.53. The van der Waals surface area contributed by atoms with E-state index in [2.05, 4.69) is 0 Å². The van der Waals surface area contributed by atoms with E-state index in [0.717, 1.165) is 4.90 Å². The summed E-state index contributed by atoms with van der Waals surface area (Å²) in [4.78, 5) is 35.3. The summed E-state index contributed by atoms with van der Waals surface area (Å²) in [5.41, 5.74) is -0.181. The lowest BCUT2D eigenvalue weighted by molar-refractivity contribution is -0.163. The van der Waals surface area contributed by atoms with Crippen LogP contribution >= 0.6 is 0 Å². The van der Waals surface area contributed by atoms with Gasteiger partial charge in [0.2, 0.25) is 5.91 Å². The fourth-order valence-corrected chi connectivity index (χ4v) is 2.57. The van der Waals surface area contributed by atoms with Crippen molar-refractivity contribution in [3.63, 3.8) is 0 Å². The van der Waals surface area contributed by atoms with Crippen molar-refractivity contribution in [2.24, 2.45) is 5.92 Å². The molecule has 1 unspecified atom stereocenters. The number of rotatable bonds is 3. The Hall–Kier alpha value is -2.15. The van der Waals surface area contributed by atoms with Gasteiger partial charge in [0.05, 0.1) is 18.1 Å². The normalized spacial score (nSPS) is 26.6. The number of carbonyl (C=O) groups excluding carboxylic acids is 2. The Balaban J connectivity index is 2.33. The minimum Gasteiger partial charge on any atom is -0.477 e. The number of aliphatic hydroxyl groups excluding tert-OH is 1. The van der Waals surface area contributed by atoms with Crippen molar-refractivity contribution in [1.29, 1.82) is 0 Å². The first-order valence-electron chi connectivity index (χ1n) is 6.16. The van der Waals surface area contributed by atoms with E-state index in [4.69, 9.17) is 9.84 Å². The number of aliphatic carboxylic acids is 1. The Labute approximate surface area is 115 Å². The molecular weight excluding hydrogens is 266 g/mol. The molecule has 7 nitrogen and oxygen atoms in total. The zero-order valence-corrected chi connectivity index (χ0v) is 11.1. The van der Waals surface area contributed by atoms with Gasteiger partial charge in [0, 0.05) is 13.3 Å². The summed E-state index contributed by atoms with van der Waals surface area (Å²) in [5.74, 6) is -2.60. The number of aliphatic hydroxyl groups is 1. The number of carboxylic acid groups (broad SMARTS) is 1. The number of carbonyl (C=O) groups is 3. The second-order valence-electron chi connectivity index (χ2n) is 4.83. The monoisotopic (exact) mass is 281 g/mol. The van der Waals surface area contributed by atoms with Gasteiger partial charge in [0.25, 0.3) is 0 Å². The van der Waals surface area contributed by atoms with Crippen LogP contribution in [0.15, 0.2) is 23.6 Å². The highest BCUT2D eigenvalue weighted by molar-refractivity contribution is 5.98. The predicted molar refractivity (Wildman–Crippen MR) is 66.0 cm³/mol. The molecule has 0 aliphatic carbocycles. The van der Waals surface area contributed by atoms with Crippen LogP contribution < -0.4 is 0 Å². The maximum absolute atomic E-state index is 12.0. The lowest BCUT2D eigenvalue weighted by Gasteiger charge is -2.47. The lowest BCUT2D eigenvalue weighted by atomic mass is 9.81. The molecule has 0 radical (unpaired) electrons. The lowest BCUT2D eigenvalue weighted by Crippen LogP contribution is -2.64. The summed E-state index contributed by atoms with van der Waals surface area (Å²) in [6.45, 7) is 2.72. The number of allylic oxidation sites excluding steroid dienone is 2. The predicted octanol–water partition coefficient (Wildman–Crippen LogP) is 0.0134. The van der Waals surface area contributed by atoms with Gasteiger partial charge in [-0.15, -0.1) is 0 Å². The number of fused-ring (bicyclic) bond motifs is 1. The van der Waals surface area contributed by atoms with E-state index in [1.165, 1.54) is 26.0 Å². The molecule has 7 heteroatoms. The van der Waals surface area contributed by atoms with Gasteiger partial charge in [-0.2, -0.15) is 0 Å². The summed E-state index contributed by atoms with van der Waals surface area (Å²) < 4.78 is 4.98. The largest absolute Gasteiger partial charge is 0.477 e. The molecule has 0 aromatic rings. The van der Waals surface area contributed by atoms with Crippen molar-refractivity contribution in [2.45, 2.75) is 32.4 Å². The molecule has 20 heavy (non-hydrogen) atoms. The molecule has 2 heterocycles. The highest BCUT2D eigenvalue weighted by atomic mass is 16.5. The van der Waals surface area contributed by atoms with Crippen molar-refractivity contribution >= 4 is 17.8 Å². The quantitative estimate of drug-likeness (QED) is 0.558. The van der Waals surface area contributed by atoms with E-state index in [0.29, 0.717) is 0 Å². The minimum absolute atomic E-state index is 0.181. The zero-order chi connectivity index (χ0) is 15.0. The number of amides is 1. The number of β-lactam (4-membered cyclic amide) rings is 1. The van der Waals surface area contributed by atoms with Gasteiger partial charge in [-0.05, 0) is 19.1 Å². The maximum Gasteiger partial charge on any atom is 0.352 e. The first-order valence-corrected chi connectivity index (χ1v) is 6.16. The maximum atomic E-state index is 12.0. The Morgan fingerprint density at radius 2 is 2.10 bits per heavy atom. The summed E-state index contributed by atoms with van der Waals surface area (Å²) in [7, 11) is 0. The third-order valence-corrected chi connectivity index (χ3v) is 3.38. The third kappa shape index (κ3) is 2.32. The number of hydrogen-bond acceptors (Lipinski definition) is 5. The Morgan fingerprint density at radius 3 is 2.60 bits per heavy atom. The fraction of sp³-hybridized carbons (Fsp3) is 0.462. The first-order chi connectivity index (χ1) is 9.32. The summed E-state index contributed by atoms with van der Waals surface area (Å²) >= 11 is 0. The van der Waals surface area contributed by atoms with Crippen LogP contribution in [0, 0.1) is 5.92 Å². The van der Waals surface area contributed by atoms with Gasteiger partial charge in [-0.25, -0.2) is 4.79 Å². The molecule has 1 amide bonds. The highest BCUT2D eigenvalue weighted by Crippen LogP contribution is 2.38. The summed E-state index contributed by atoms with van der Waals surface area (Å²) in [6, 6.07) is -0.516. The van der Waals surface area contributed by atoms with Gasteiger partial charge >= 0.3 is 11.9 Å². The number of carboxylic acids is 1. The van der Waals surface area contributed by atoms with Crippen LogP contribution in [0.3, 0.4) is 0 Å². The van der Waals surface area contributed by atoms with Crippen LogP contribution in [-0.4, -0.2) is 45.1 Å². The minimum atomic E-state index is -1.24. The molecule has 2 N–H and O–H groups in total. The van der Waals surface area contributed by atoms with Crippen molar-refractivity contribution in [3.8, 4) is 0 Å². The van der Waals surface area contributed by atoms with Crippen molar-refractivity contribution in [2.75, 3.05) is 0 Å². The molecule has 3 atom stereocenters. The van der Waals surface area contributed by atoms with Gasteiger partial charge in [-0.1, -0.05) is 0 Å². The number of ether oxygens (including phenoxy) is 1. The van der Waals surface area contributed by atoms with E-state index in [9.17, 15) is 19.5 Å². The third-order valence-electron chi connectivity index (χ3n) is 3.38. The first kappa shape index (κ1) is 14.3. The van der Waals surface area contributed by atoms with E-state index in [1.54, 1.807) is 0 Å². The molecule has 1 saturated heterocycles. The Morgan fingerprint density at radius 1 is 1.45 bits per heavy atom. The average molecular weight is 281 g/mol. The summed E-state index contributed by atoms with van der Waals surface area (Å²) in [5, 5.41) is 18.8. The Bertz CT molecular complexity index is 533. The van der Waals surface area contributed by atoms with E-state index in [1.807, 2.05) is 0 Å². The van der Waals surface area contributed by atoms with Crippen LogP contribution in [0.2, 0.25) is 0 Å². The number of hydrogen-bond donors (Lipinski definition) is 2. The van der Waals surface area contributed by atoms with Gasteiger partial charge in [-0.3, -0.25) is 9.59 Å². The molecule has 0 aromatic carbocycles. The van der Waals surface area contributed by atoms with Gasteiger partial charge in [0.1, 0.15) is 11.5 Å².